The van der Waals surface area contributed by atoms with Crippen LogP contribution in [-0.2, 0) is 19.4 Å². The first kappa shape index (κ1) is 17.3. The van der Waals surface area contributed by atoms with Crippen molar-refractivity contribution in [3.63, 3.8) is 0 Å². The highest BCUT2D eigenvalue weighted by Gasteiger charge is 2.30. The topological polar surface area (TPSA) is 17.8 Å². The normalized spacial score (nSPS) is 26.2. The monoisotopic (exact) mass is 374 g/mol. The van der Waals surface area contributed by atoms with Crippen LogP contribution in [0.4, 0.5) is 0 Å². The fourth-order valence-electron chi connectivity index (χ4n) is 3.67. The molecule has 0 N–H and O–H groups in total. The summed E-state index contributed by atoms with van der Waals surface area (Å²) in [7, 11) is 0. The van der Waals surface area contributed by atoms with Gasteiger partial charge in [-0.25, -0.2) is 0 Å². The second-order valence-corrected chi connectivity index (χ2v) is 7.68. The molecule has 1 aromatic heterocycles. The maximum Gasteiger partial charge on any atom is 0.0766 e. The zero-order valence-electron chi connectivity index (χ0n) is 13.5. The van der Waals surface area contributed by atoms with E-state index in [9.17, 15) is 0 Å². The Morgan fingerprint density at radius 1 is 1.29 bits per heavy atom. The molecule has 1 saturated carbocycles. The van der Waals surface area contributed by atoms with E-state index in [4.69, 9.17) is 16.7 Å². The van der Waals surface area contributed by atoms with Crippen molar-refractivity contribution in [1.82, 2.24) is 9.78 Å². The van der Waals surface area contributed by atoms with Gasteiger partial charge < -0.3 is 0 Å². The van der Waals surface area contributed by atoms with E-state index < -0.39 is 0 Å². The predicted octanol–water partition coefficient (Wildman–Crippen LogP) is 5.59. The molecule has 1 aliphatic carbocycles. The largest absolute Gasteiger partial charge is 0.268 e. The summed E-state index contributed by atoms with van der Waals surface area (Å²) in [5, 5.41) is 5.05. The molecule has 4 heteroatoms. The van der Waals surface area contributed by atoms with Gasteiger partial charge >= 0.3 is 0 Å². The number of aryl methyl sites for hydroxylation is 2. The molecule has 0 bridgehead atoms. The lowest BCUT2D eigenvalue weighted by atomic mass is 9.77. The van der Waals surface area contributed by atoms with Gasteiger partial charge in [0.05, 0.1) is 15.9 Å². The third kappa shape index (κ3) is 4.04. The van der Waals surface area contributed by atoms with Crippen molar-refractivity contribution in [1.29, 1.82) is 0 Å². The van der Waals surface area contributed by atoms with Crippen LogP contribution >= 0.6 is 27.5 Å². The van der Waals surface area contributed by atoms with E-state index in [0.29, 0.717) is 11.3 Å². The zero-order valence-corrected chi connectivity index (χ0v) is 15.9. The Morgan fingerprint density at radius 3 is 2.67 bits per heavy atom. The Kier molecular flexibility index (Phi) is 6.61. The first-order valence-electron chi connectivity index (χ1n) is 8.48. The molecular formula is C17H28BrClN2. The number of aromatic nitrogens is 2. The average molecular weight is 376 g/mol. The highest BCUT2D eigenvalue weighted by Crippen LogP contribution is 2.38. The van der Waals surface area contributed by atoms with Crippen molar-refractivity contribution in [2.75, 3.05) is 0 Å². The van der Waals surface area contributed by atoms with Crippen molar-refractivity contribution in [2.24, 2.45) is 11.8 Å². The van der Waals surface area contributed by atoms with Gasteiger partial charge in [-0.2, -0.15) is 5.10 Å². The van der Waals surface area contributed by atoms with Crippen molar-refractivity contribution in [3.8, 4) is 0 Å². The van der Waals surface area contributed by atoms with Crippen LogP contribution in [0.5, 0.6) is 0 Å². The van der Waals surface area contributed by atoms with Crippen LogP contribution < -0.4 is 0 Å². The number of hydrogen-bond acceptors (Lipinski definition) is 1. The van der Waals surface area contributed by atoms with Crippen LogP contribution in [0.25, 0.3) is 0 Å². The van der Waals surface area contributed by atoms with Crippen LogP contribution in [-0.4, -0.2) is 15.2 Å². The number of alkyl halides is 1. The molecule has 0 aliphatic heterocycles. The Hall–Kier alpha value is -0.0200. The minimum absolute atomic E-state index is 0.329. The van der Waals surface area contributed by atoms with Crippen LogP contribution in [0.3, 0.4) is 0 Å². The Labute approximate surface area is 142 Å². The number of hydrogen-bond donors (Lipinski definition) is 0. The molecule has 1 fully saturated rings. The van der Waals surface area contributed by atoms with E-state index in [1.807, 2.05) is 0 Å². The molecule has 21 heavy (non-hydrogen) atoms. The molecular weight excluding hydrogens is 348 g/mol. The molecule has 3 unspecified atom stereocenters. The van der Waals surface area contributed by atoms with Gasteiger partial charge in [0.2, 0.25) is 0 Å². The molecule has 0 aromatic carbocycles. The van der Waals surface area contributed by atoms with Gasteiger partial charge in [0.25, 0.3) is 0 Å². The summed E-state index contributed by atoms with van der Waals surface area (Å²) in [6.45, 7) is 7.56. The third-order valence-electron chi connectivity index (χ3n) is 4.84. The van der Waals surface area contributed by atoms with Gasteiger partial charge in [0.1, 0.15) is 0 Å². The van der Waals surface area contributed by atoms with E-state index in [2.05, 4.69) is 41.4 Å². The second kappa shape index (κ2) is 8.01. The van der Waals surface area contributed by atoms with Crippen molar-refractivity contribution < 1.29 is 0 Å². The first-order chi connectivity index (χ1) is 10.1. The Bertz CT molecular complexity index is 458. The molecule has 2 nitrogen and oxygen atoms in total. The molecule has 0 spiro atoms. The summed E-state index contributed by atoms with van der Waals surface area (Å²) in [6, 6.07) is 0. The smallest absolute Gasteiger partial charge is 0.0766 e. The fourth-order valence-corrected chi connectivity index (χ4v) is 4.71. The van der Waals surface area contributed by atoms with Gasteiger partial charge in [0.15, 0.2) is 0 Å². The quantitative estimate of drug-likeness (QED) is 0.592. The van der Waals surface area contributed by atoms with Gasteiger partial charge in [-0.15, -0.1) is 11.6 Å². The maximum absolute atomic E-state index is 6.64. The minimum atomic E-state index is 0.329. The van der Waals surface area contributed by atoms with Crippen molar-refractivity contribution in [2.45, 2.75) is 77.6 Å². The molecule has 1 aliphatic rings. The standard InChI is InChI=1S/C17H28BrClN2/c1-4-7-12-8-9-14(19)13(10-12)11-16-17(18)15(5-2)20-21(16)6-3/h12-14H,4-11H2,1-3H3. The number of halogens is 2. The summed E-state index contributed by atoms with van der Waals surface area (Å²) >= 11 is 10.4. The van der Waals surface area contributed by atoms with Gasteiger partial charge in [-0.3, -0.25) is 4.68 Å². The number of nitrogens with zero attached hydrogens (tertiary/aromatic N) is 2. The average Bonchev–Trinajstić information content (AvgIpc) is 2.79. The summed E-state index contributed by atoms with van der Waals surface area (Å²) in [5.41, 5.74) is 2.53. The first-order valence-corrected chi connectivity index (χ1v) is 9.71. The molecule has 3 atom stereocenters. The van der Waals surface area contributed by atoms with Crippen molar-refractivity contribution >= 4 is 27.5 Å². The van der Waals surface area contributed by atoms with Gasteiger partial charge in [-0.1, -0.05) is 26.7 Å². The van der Waals surface area contributed by atoms with Crippen molar-refractivity contribution in [3.05, 3.63) is 15.9 Å². The molecule has 1 aromatic rings. The van der Waals surface area contributed by atoms with Gasteiger partial charge in [0, 0.05) is 11.9 Å². The summed E-state index contributed by atoms with van der Waals surface area (Å²) in [6.07, 6.45) is 8.46. The minimum Gasteiger partial charge on any atom is -0.268 e. The molecule has 0 amide bonds. The lowest BCUT2D eigenvalue weighted by Gasteiger charge is -2.33. The Balaban J connectivity index is 2.14. The van der Waals surface area contributed by atoms with Crippen LogP contribution in [0.1, 0.15) is 64.3 Å². The molecule has 0 radical (unpaired) electrons. The molecule has 1 heterocycles. The summed E-state index contributed by atoms with van der Waals surface area (Å²) in [5.74, 6) is 1.47. The Morgan fingerprint density at radius 2 is 2.05 bits per heavy atom. The third-order valence-corrected chi connectivity index (χ3v) is 6.33. The van der Waals surface area contributed by atoms with Crippen LogP contribution in [0, 0.1) is 11.8 Å². The number of rotatable bonds is 6. The fraction of sp³-hybridized carbons (Fsp3) is 0.824. The lowest BCUT2D eigenvalue weighted by Crippen LogP contribution is -2.28. The highest BCUT2D eigenvalue weighted by molar-refractivity contribution is 9.10. The summed E-state index contributed by atoms with van der Waals surface area (Å²) in [4.78, 5) is 0. The van der Waals surface area contributed by atoms with E-state index in [0.717, 1.165) is 25.3 Å². The highest BCUT2D eigenvalue weighted by atomic mass is 79.9. The SMILES string of the molecule is CCCC1CCC(Cl)C(Cc2c(Br)c(CC)nn2CC)C1. The van der Waals surface area contributed by atoms with E-state index in [-0.39, 0.29) is 0 Å². The maximum atomic E-state index is 6.64. The molecule has 120 valence electrons. The van der Waals surface area contributed by atoms with E-state index in [1.165, 1.54) is 48.0 Å². The molecule has 2 rings (SSSR count). The van der Waals surface area contributed by atoms with Gasteiger partial charge in [-0.05, 0) is 66.8 Å². The lowest BCUT2D eigenvalue weighted by molar-refractivity contribution is 0.254. The van der Waals surface area contributed by atoms with Crippen LogP contribution in [0.2, 0.25) is 0 Å². The summed E-state index contributed by atoms with van der Waals surface area (Å²) < 4.78 is 3.38. The van der Waals surface area contributed by atoms with Crippen LogP contribution in [0.15, 0.2) is 4.47 Å². The predicted molar refractivity (Wildman–Crippen MR) is 94.1 cm³/mol. The van der Waals surface area contributed by atoms with E-state index >= 15 is 0 Å². The second-order valence-electron chi connectivity index (χ2n) is 6.32. The zero-order chi connectivity index (χ0) is 15.4. The van der Waals surface area contributed by atoms with E-state index in [1.54, 1.807) is 0 Å². The molecule has 0 saturated heterocycles.